The molecule has 3 heterocycles. The number of phenols is 1. The Bertz CT molecular complexity index is 2560. The summed E-state index contributed by atoms with van der Waals surface area (Å²) in [7, 11) is 5.86. The zero-order chi connectivity index (χ0) is 38.5. The quantitative estimate of drug-likeness (QED) is 0.162. The van der Waals surface area contributed by atoms with E-state index in [9.17, 15) is 29.1 Å². The molecule has 1 N–H and O–H groups in total. The van der Waals surface area contributed by atoms with E-state index in [0.717, 1.165) is 4.57 Å². The minimum atomic E-state index is -2.25. The van der Waals surface area contributed by atoms with Gasteiger partial charge in [-0.15, -0.1) is 23.2 Å². The topological polar surface area (TPSA) is 166 Å². The van der Waals surface area contributed by atoms with Gasteiger partial charge in [0, 0.05) is 44.5 Å². The van der Waals surface area contributed by atoms with Gasteiger partial charge in [0.05, 0.1) is 48.5 Å². The molecular weight excluding hydrogens is 891 g/mol. The molecule has 0 spiro atoms. The highest BCUT2D eigenvalue weighted by Gasteiger charge is 2.71. The van der Waals surface area contributed by atoms with Crippen LogP contribution in [0, 0.1) is 3.57 Å². The van der Waals surface area contributed by atoms with Gasteiger partial charge in [-0.2, -0.15) is 0 Å². The number of aromatic hydroxyl groups is 1. The van der Waals surface area contributed by atoms with E-state index in [1.54, 1.807) is 31.3 Å². The second-order valence-electron chi connectivity index (χ2n) is 12.7. The summed E-state index contributed by atoms with van der Waals surface area (Å²) in [6.07, 6.45) is 1.14. The molecule has 1 aliphatic heterocycles. The molecular formula is C34H28Cl4IN5O9. The molecule has 0 amide bonds. The first kappa shape index (κ1) is 37.5. The predicted molar refractivity (Wildman–Crippen MR) is 205 cm³/mol. The third kappa shape index (κ3) is 5.24. The highest BCUT2D eigenvalue weighted by atomic mass is 127. The summed E-state index contributed by atoms with van der Waals surface area (Å²) < 4.78 is 21.2. The van der Waals surface area contributed by atoms with Crippen LogP contribution in [-0.4, -0.2) is 71.2 Å². The van der Waals surface area contributed by atoms with Crippen LogP contribution in [0.25, 0.3) is 11.0 Å². The fourth-order valence-electron chi connectivity index (χ4n) is 7.59. The maximum Gasteiger partial charge on any atom is 0.347 e. The number of methoxy groups -OCH3 is 3. The van der Waals surface area contributed by atoms with E-state index in [1.807, 2.05) is 22.6 Å². The fraction of sp³-hybridized carbons (Fsp3) is 0.353. The summed E-state index contributed by atoms with van der Waals surface area (Å²) >= 11 is 29.0. The Labute approximate surface area is 333 Å². The van der Waals surface area contributed by atoms with Gasteiger partial charge in [0.1, 0.15) is 25.5 Å². The number of ketones is 2. The van der Waals surface area contributed by atoms with E-state index in [4.69, 9.17) is 60.6 Å². The summed E-state index contributed by atoms with van der Waals surface area (Å²) in [5.41, 5.74) is -0.164. The number of allylic oxidation sites excluding steroid dienone is 4. The molecule has 0 saturated heterocycles. The lowest BCUT2D eigenvalue weighted by Crippen LogP contribution is -2.67. The van der Waals surface area contributed by atoms with Gasteiger partial charge >= 0.3 is 11.4 Å². The summed E-state index contributed by atoms with van der Waals surface area (Å²) in [4.78, 5) is 69.6. The Balaban J connectivity index is 1.35. The van der Waals surface area contributed by atoms with Crippen molar-refractivity contribution in [1.29, 1.82) is 0 Å². The standard InChI is InChI=1S/C34H28Cl4IN5O9/c1-41-19-12-22(52-3)21(51-2)11-18(19)40-17(30(41)48)6-7-42-31(49)43-8-5-15-20(44(43)32(42)50)13-33(37)28(46)25(35)26(36)29(47)34(33,38)24(15)14-9-16(39)27(45)23(10-14)53-4/h5,9-12,20,24,45H,6-8,13H2,1-4H3. The van der Waals surface area contributed by atoms with Crippen molar-refractivity contribution in [2.75, 3.05) is 21.3 Å². The Morgan fingerprint density at radius 3 is 2.23 bits per heavy atom. The number of ether oxygens (including phenoxy) is 3. The number of carbonyl (C=O) groups is 2. The Morgan fingerprint density at radius 1 is 0.925 bits per heavy atom. The monoisotopic (exact) mass is 917 g/mol. The van der Waals surface area contributed by atoms with E-state index in [0.29, 0.717) is 37.2 Å². The largest absolute Gasteiger partial charge is 0.504 e. The molecule has 4 unspecified atom stereocenters. The van der Waals surface area contributed by atoms with E-state index in [-0.39, 0.29) is 36.7 Å². The first-order chi connectivity index (χ1) is 25.0. The van der Waals surface area contributed by atoms with Crippen molar-refractivity contribution < 1.29 is 28.9 Å². The molecule has 0 bridgehead atoms. The van der Waals surface area contributed by atoms with Gasteiger partial charge in [-0.25, -0.2) is 28.5 Å². The van der Waals surface area contributed by atoms with Gasteiger partial charge < -0.3 is 23.9 Å². The van der Waals surface area contributed by atoms with Crippen molar-refractivity contribution >= 4 is 91.6 Å². The first-order valence-corrected chi connectivity index (χ1v) is 18.5. The molecule has 2 aromatic carbocycles. The molecule has 7 rings (SSSR count). The number of fused-ring (bicyclic) bond motifs is 5. The number of alkyl halides is 2. The van der Waals surface area contributed by atoms with Crippen molar-refractivity contribution in [3.8, 4) is 23.0 Å². The number of aromatic nitrogens is 5. The first-order valence-electron chi connectivity index (χ1n) is 15.9. The lowest BCUT2D eigenvalue weighted by Gasteiger charge is -2.54. The number of phenolic OH excluding ortho intramolecular Hbond substituents is 1. The van der Waals surface area contributed by atoms with Crippen LogP contribution < -0.4 is 31.1 Å². The predicted octanol–water partition coefficient (Wildman–Crippen LogP) is 4.10. The number of hydrogen-bond acceptors (Lipinski definition) is 10. The van der Waals surface area contributed by atoms with Gasteiger partial charge in [0.25, 0.3) is 5.56 Å². The zero-order valence-corrected chi connectivity index (χ0v) is 33.4. The minimum absolute atomic E-state index is 0.0476. The number of hydrogen-bond donors (Lipinski definition) is 1. The van der Waals surface area contributed by atoms with Gasteiger partial charge in [0.2, 0.25) is 0 Å². The van der Waals surface area contributed by atoms with Crippen molar-refractivity contribution in [3.63, 3.8) is 0 Å². The molecule has 19 heteroatoms. The average Bonchev–Trinajstić information content (AvgIpc) is 3.39. The lowest BCUT2D eigenvalue weighted by atomic mass is 9.59. The van der Waals surface area contributed by atoms with Crippen LogP contribution in [0.4, 0.5) is 0 Å². The number of benzene rings is 2. The average molecular weight is 919 g/mol. The Morgan fingerprint density at radius 2 is 1.57 bits per heavy atom. The molecule has 0 radical (unpaired) electrons. The number of rotatable bonds is 7. The van der Waals surface area contributed by atoms with Gasteiger partial charge in [-0.1, -0.05) is 29.3 Å². The Kier molecular flexibility index (Phi) is 9.36. The second kappa shape index (κ2) is 13.2. The summed E-state index contributed by atoms with van der Waals surface area (Å²) in [5.74, 6) is -2.37. The zero-order valence-electron chi connectivity index (χ0n) is 28.2. The number of nitrogens with zero attached hydrogens (tertiary/aromatic N) is 5. The van der Waals surface area contributed by atoms with Gasteiger partial charge in [-0.3, -0.25) is 14.4 Å². The number of halogens is 5. The summed E-state index contributed by atoms with van der Waals surface area (Å²) in [5, 5.41) is 9.44. The molecule has 1 saturated carbocycles. The molecule has 2 aromatic heterocycles. The molecule has 53 heavy (non-hydrogen) atoms. The van der Waals surface area contributed by atoms with Crippen molar-refractivity contribution in [1.82, 2.24) is 23.5 Å². The van der Waals surface area contributed by atoms with E-state index >= 15 is 0 Å². The molecule has 4 atom stereocenters. The summed E-state index contributed by atoms with van der Waals surface area (Å²) in [6, 6.07) is 5.18. The molecule has 3 aliphatic rings. The SMILES string of the molecule is COc1cc2nc(CCn3c(=O)n4n(c3=O)C3CC5(Cl)C(=O)C(Cl)=C(Cl)C(=O)C5(Cl)C(c5cc(I)c(O)c(OC)c5)C3=CC4)c(=O)n(C)c2cc1OC. The van der Waals surface area contributed by atoms with Crippen LogP contribution in [0.15, 0.2) is 60.4 Å². The third-order valence-corrected chi connectivity index (χ3v) is 13.3. The van der Waals surface area contributed by atoms with E-state index in [2.05, 4.69) is 4.98 Å². The maximum atomic E-state index is 14.3. The van der Waals surface area contributed by atoms with Crippen LogP contribution >= 0.6 is 69.0 Å². The van der Waals surface area contributed by atoms with Gasteiger partial charge in [-0.05, 0) is 45.9 Å². The number of carbonyl (C=O) groups excluding carboxylic acids is 2. The molecule has 14 nitrogen and oxygen atoms in total. The second-order valence-corrected chi connectivity index (χ2v) is 15.9. The highest BCUT2D eigenvalue weighted by Crippen LogP contribution is 2.64. The van der Waals surface area contributed by atoms with Crippen molar-refractivity contribution in [3.05, 3.63) is 92.1 Å². The Hall–Kier alpha value is -3.77. The van der Waals surface area contributed by atoms with Crippen molar-refractivity contribution in [2.24, 2.45) is 7.05 Å². The third-order valence-electron chi connectivity index (χ3n) is 10.2. The molecule has 278 valence electrons. The number of aryl methyl sites for hydroxylation is 2. The highest BCUT2D eigenvalue weighted by molar-refractivity contribution is 14.1. The molecule has 4 aromatic rings. The number of Topliss-reactive ketones (excluding diaryl/α,β-unsaturated/α-hetero) is 2. The van der Waals surface area contributed by atoms with Crippen LogP contribution in [0.2, 0.25) is 0 Å². The van der Waals surface area contributed by atoms with Crippen LogP contribution in [-0.2, 0) is 36.1 Å². The van der Waals surface area contributed by atoms with Crippen LogP contribution in [0.1, 0.15) is 29.6 Å². The maximum absolute atomic E-state index is 14.3. The lowest BCUT2D eigenvalue weighted by molar-refractivity contribution is -0.128. The molecule has 1 fully saturated rings. The smallest absolute Gasteiger partial charge is 0.347 e. The minimum Gasteiger partial charge on any atom is -0.504 e. The van der Waals surface area contributed by atoms with Gasteiger partial charge in [0.15, 0.2) is 34.6 Å². The van der Waals surface area contributed by atoms with Crippen LogP contribution in [0.5, 0.6) is 23.0 Å². The summed E-state index contributed by atoms with van der Waals surface area (Å²) in [6.45, 7) is -0.348. The van der Waals surface area contributed by atoms with E-state index in [1.165, 1.54) is 41.3 Å². The van der Waals surface area contributed by atoms with Crippen molar-refractivity contribution in [2.45, 2.75) is 47.6 Å². The van der Waals surface area contributed by atoms with E-state index < -0.39 is 66.7 Å². The molecule has 2 aliphatic carbocycles. The van der Waals surface area contributed by atoms with Crippen LogP contribution in [0.3, 0.4) is 0 Å². The fourth-order valence-corrected chi connectivity index (χ4v) is 9.74. The normalized spacial score (nSPS) is 23.8.